The Bertz CT molecular complexity index is 871. The molecule has 3 heteroatoms. The van der Waals surface area contributed by atoms with Crippen molar-refractivity contribution < 1.29 is 4.79 Å². The van der Waals surface area contributed by atoms with Gasteiger partial charge in [0.05, 0.1) is 0 Å². The van der Waals surface area contributed by atoms with Gasteiger partial charge in [-0.3, -0.25) is 4.79 Å². The fourth-order valence-corrected chi connectivity index (χ4v) is 2.57. The number of benzene rings is 3. The molecule has 0 aliphatic carbocycles. The summed E-state index contributed by atoms with van der Waals surface area (Å²) in [5, 5.41) is 3.36. The van der Waals surface area contributed by atoms with Gasteiger partial charge in [-0.15, -0.1) is 0 Å². The van der Waals surface area contributed by atoms with Crippen LogP contribution in [-0.4, -0.2) is 5.78 Å². The molecule has 25 heavy (non-hydrogen) atoms. The molecule has 0 atom stereocenters. The molecule has 0 saturated heterocycles. The van der Waals surface area contributed by atoms with E-state index in [9.17, 15) is 4.79 Å². The summed E-state index contributed by atoms with van der Waals surface area (Å²) in [5.74, 6) is -0.0282. The number of rotatable bonds is 6. The van der Waals surface area contributed by atoms with Crippen LogP contribution in [0.4, 0.5) is 5.69 Å². The van der Waals surface area contributed by atoms with Gasteiger partial charge < -0.3 is 11.1 Å². The third kappa shape index (κ3) is 4.58. The summed E-state index contributed by atoms with van der Waals surface area (Å²) in [6.45, 7) is 0.591. The molecule has 3 rings (SSSR count). The molecule has 124 valence electrons. The van der Waals surface area contributed by atoms with E-state index in [4.69, 9.17) is 5.73 Å². The quantitative estimate of drug-likeness (QED) is 0.403. The summed E-state index contributed by atoms with van der Waals surface area (Å²) in [6, 6.07) is 26.8. The molecule has 3 aromatic rings. The second-order valence-corrected chi connectivity index (χ2v) is 5.75. The lowest BCUT2D eigenvalue weighted by molar-refractivity contribution is 0.104. The molecule has 0 aliphatic heterocycles. The third-order valence-electron chi connectivity index (χ3n) is 3.85. The summed E-state index contributed by atoms with van der Waals surface area (Å²) in [6.07, 6.45) is 1.65. The summed E-state index contributed by atoms with van der Waals surface area (Å²) < 4.78 is 0. The highest BCUT2D eigenvalue weighted by Gasteiger charge is 2.07. The van der Waals surface area contributed by atoms with E-state index in [1.165, 1.54) is 0 Å². The van der Waals surface area contributed by atoms with Gasteiger partial charge in [-0.05, 0) is 23.3 Å². The van der Waals surface area contributed by atoms with Crippen molar-refractivity contribution in [2.75, 3.05) is 5.73 Å². The second kappa shape index (κ2) is 7.97. The smallest absolute Gasteiger partial charge is 0.187 e. The minimum Gasteiger partial charge on any atom is -0.399 e. The van der Waals surface area contributed by atoms with Gasteiger partial charge in [0.15, 0.2) is 5.78 Å². The molecule has 3 aromatic carbocycles. The van der Waals surface area contributed by atoms with E-state index < -0.39 is 0 Å². The zero-order valence-corrected chi connectivity index (χ0v) is 13.9. The molecule has 0 fully saturated rings. The largest absolute Gasteiger partial charge is 0.399 e. The molecule has 0 spiro atoms. The minimum absolute atomic E-state index is 0.0282. The average Bonchev–Trinajstić information content (AvgIpc) is 2.66. The van der Waals surface area contributed by atoms with Crippen LogP contribution in [0.3, 0.4) is 0 Å². The zero-order chi connectivity index (χ0) is 17.5. The van der Waals surface area contributed by atoms with Crippen molar-refractivity contribution in [2.45, 2.75) is 6.54 Å². The molecule has 0 aromatic heterocycles. The average molecular weight is 328 g/mol. The Morgan fingerprint density at radius 3 is 2.12 bits per heavy atom. The summed E-state index contributed by atoms with van der Waals surface area (Å²) in [7, 11) is 0. The molecular weight excluding hydrogens is 308 g/mol. The Balaban J connectivity index is 1.85. The number of ketones is 1. The lowest BCUT2D eigenvalue weighted by Crippen LogP contribution is -2.13. The Morgan fingerprint density at radius 2 is 1.48 bits per heavy atom. The number of anilines is 1. The number of hydrogen-bond acceptors (Lipinski definition) is 3. The van der Waals surface area contributed by atoms with Crippen LogP contribution in [0.2, 0.25) is 0 Å². The van der Waals surface area contributed by atoms with Crippen LogP contribution in [0, 0.1) is 0 Å². The zero-order valence-electron chi connectivity index (χ0n) is 13.9. The summed E-state index contributed by atoms with van der Waals surface area (Å²) in [4.78, 5) is 12.6. The topological polar surface area (TPSA) is 55.1 Å². The van der Waals surface area contributed by atoms with E-state index in [-0.39, 0.29) is 5.78 Å². The van der Waals surface area contributed by atoms with E-state index in [1.54, 1.807) is 6.08 Å². The van der Waals surface area contributed by atoms with Gasteiger partial charge in [0, 0.05) is 29.6 Å². The number of allylic oxidation sites excluding steroid dienone is 1. The highest BCUT2D eigenvalue weighted by atomic mass is 16.1. The maximum absolute atomic E-state index is 12.6. The SMILES string of the molecule is Nc1cccc(CN/C(=C\C(=O)c2ccccc2)c2ccccc2)c1. The van der Waals surface area contributed by atoms with Gasteiger partial charge in [0.25, 0.3) is 0 Å². The van der Waals surface area contributed by atoms with Gasteiger partial charge in [0.1, 0.15) is 0 Å². The van der Waals surface area contributed by atoms with E-state index in [2.05, 4.69) is 5.32 Å². The van der Waals surface area contributed by atoms with Crippen molar-refractivity contribution in [1.29, 1.82) is 0 Å². The molecule has 0 aliphatic rings. The lowest BCUT2D eigenvalue weighted by Gasteiger charge is -2.12. The van der Waals surface area contributed by atoms with Crippen LogP contribution < -0.4 is 11.1 Å². The van der Waals surface area contributed by atoms with Gasteiger partial charge >= 0.3 is 0 Å². The predicted octanol–water partition coefficient (Wildman–Crippen LogP) is 4.28. The maximum Gasteiger partial charge on any atom is 0.187 e. The van der Waals surface area contributed by atoms with Crippen LogP contribution in [0.15, 0.2) is 91.0 Å². The Morgan fingerprint density at radius 1 is 0.840 bits per heavy atom. The van der Waals surface area contributed by atoms with Crippen molar-refractivity contribution in [1.82, 2.24) is 5.32 Å². The number of nitrogen functional groups attached to an aromatic ring is 1. The van der Waals surface area contributed by atoms with Crippen molar-refractivity contribution in [3.05, 3.63) is 108 Å². The first-order chi connectivity index (χ1) is 12.2. The van der Waals surface area contributed by atoms with Crippen molar-refractivity contribution in [2.24, 2.45) is 0 Å². The van der Waals surface area contributed by atoms with E-state index in [1.807, 2.05) is 84.9 Å². The van der Waals surface area contributed by atoms with Crippen LogP contribution in [0.5, 0.6) is 0 Å². The van der Waals surface area contributed by atoms with E-state index >= 15 is 0 Å². The van der Waals surface area contributed by atoms with Crippen LogP contribution in [0.25, 0.3) is 5.70 Å². The van der Waals surface area contributed by atoms with Crippen LogP contribution in [0.1, 0.15) is 21.5 Å². The number of carbonyl (C=O) groups excluding carboxylic acids is 1. The Labute approximate surface area is 147 Å². The molecule has 0 amide bonds. The normalized spacial score (nSPS) is 11.1. The number of nitrogens with one attached hydrogen (secondary N) is 1. The number of carbonyl (C=O) groups is 1. The molecule has 0 radical (unpaired) electrons. The third-order valence-corrected chi connectivity index (χ3v) is 3.85. The first kappa shape index (κ1) is 16.5. The molecular formula is C22H20N2O. The molecule has 0 bridgehead atoms. The first-order valence-corrected chi connectivity index (χ1v) is 8.17. The van der Waals surface area contributed by atoms with E-state index in [0.29, 0.717) is 12.1 Å². The van der Waals surface area contributed by atoms with Gasteiger partial charge in [-0.25, -0.2) is 0 Å². The Kier molecular flexibility index (Phi) is 5.27. The number of hydrogen-bond donors (Lipinski definition) is 2. The lowest BCUT2D eigenvalue weighted by atomic mass is 10.1. The van der Waals surface area contributed by atoms with Gasteiger partial charge in [-0.1, -0.05) is 72.8 Å². The fourth-order valence-electron chi connectivity index (χ4n) is 2.57. The highest BCUT2D eigenvalue weighted by molar-refractivity contribution is 6.08. The minimum atomic E-state index is -0.0282. The molecule has 0 heterocycles. The van der Waals surface area contributed by atoms with Crippen LogP contribution in [-0.2, 0) is 6.54 Å². The van der Waals surface area contributed by atoms with Crippen molar-refractivity contribution >= 4 is 17.2 Å². The maximum atomic E-state index is 12.6. The first-order valence-electron chi connectivity index (χ1n) is 8.17. The van der Waals surface area contributed by atoms with E-state index in [0.717, 1.165) is 22.5 Å². The van der Waals surface area contributed by atoms with Crippen molar-refractivity contribution in [3.8, 4) is 0 Å². The molecule has 3 nitrogen and oxygen atoms in total. The van der Waals surface area contributed by atoms with Gasteiger partial charge in [0.2, 0.25) is 0 Å². The molecule has 0 saturated carbocycles. The fraction of sp³-hybridized carbons (Fsp3) is 0.0455. The standard InChI is InChI=1S/C22H20N2O/c23-20-13-7-8-17(14-20)16-24-21(18-9-3-1-4-10-18)15-22(25)19-11-5-2-6-12-19/h1-15,24H,16,23H2/b21-15-. The predicted molar refractivity (Wildman–Crippen MR) is 103 cm³/mol. The van der Waals surface area contributed by atoms with Crippen LogP contribution >= 0.6 is 0 Å². The highest BCUT2D eigenvalue weighted by Crippen LogP contribution is 2.15. The summed E-state index contributed by atoms with van der Waals surface area (Å²) in [5.41, 5.74) is 10.1. The van der Waals surface area contributed by atoms with Gasteiger partial charge in [-0.2, -0.15) is 0 Å². The number of nitrogens with two attached hydrogens (primary N) is 1. The molecule has 3 N–H and O–H groups in total. The summed E-state index contributed by atoms with van der Waals surface area (Å²) >= 11 is 0. The van der Waals surface area contributed by atoms with Crippen molar-refractivity contribution in [3.63, 3.8) is 0 Å². The second-order valence-electron chi connectivity index (χ2n) is 5.75. The monoisotopic (exact) mass is 328 g/mol. The Hall–Kier alpha value is -3.33. The molecule has 0 unspecified atom stereocenters.